The number of nitrogens with zero attached hydrogens (tertiary/aromatic N) is 6. The van der Waals surface area contributed by atoms with Crippen LogP contribution in [0.2, 0.25) is 10.0 Å². The Morgan fingerprint density at radius 1 is 1.12 bits per heavy atom. The lowest BCUT2D eigenvalue weighted by Gasteiger charge is -2.35. The van der Waals surface area contributed by atoms with Crippen LogP contribution >= 0.6 is 23.2 Å². The molecule has 3 aromatic rings. The molecule has 0 radical (unpaired) electrons. The molecule has 10 nitrogen and oxygen atoms in total. The fourth-order valence-electron chi connectivity index (χ4n) is 3.65. The first kappa shape index (κ1) is 22.7. The SMILES string of the molecule is Cc1cc(=O)c(C(=O)N2CCN(c3ncc(Cl)cc3Cl)CC2)nn1-c1ccccc1[N+](=O)[O-]. The topological polar surface area (TPSA) is 114 Å². The number of aryl methyl sites for hydroxylation is 1. The van der Waals surface area contributed by atoms with Crippen molar-refractivity contribution in [3.8, 4) is 5.69 Å². The number of carbonyl (C=O) groups excluding carboxylic acids is 1. The molecule has 0 aliphatic carbocycles. The van der Waals surface area contributed by atoms with E-state index in [1.807, 2.05) is 4.90 Å². The molecule has 1 aliphatic heterocycles. The summed E-state index contributed by atoms with van der Waals surface area (Å²) in [6.07, 6.45) is 1.50. The largest absolute Gasteiger partial charge is 0.352 e. The second-order valence-corrected chi connectivity index (χ2v) is 8.24. The van der Waals surface area contributed by atoms with Gasteiger partial charge in [0, 0.05) is 50.2 Å². The summed E-state index contributed by atoms with van der Waals surface area (Å²) in [6, 6.07) is 8.86. The van der Waals surface area contributed by atoms with Gasteiger partial charge in [-0.1, -0.05) is 35.3 Å². The molecule has 0 spiro atoms. The molecule has 1 amide bonds. The maximum Gasteiger partial charge on any atom is 0.294 e. The van der Waals surface area contributed by atoms with E-state index in [1.165, 1.54) is 40.0 Å². The Bertz CT molecular complexity index is 1300. The van der Waals surface area contributed by atoms with Crippen LogP contribution in [-0.4, -0.2) is 56.7 Å². The second kappa shape index (κ2) is 9.16. The lowest BCUT2D eigenvalue weighted by atomic mass is 10.2. The van der Waals surface area contributed by atoms with Gasteiger partial charge in [-0.15, -0.1) is 0 Å². The molecular weight excluding hydrogens is 471 g/mol. The predicted octanol–water partition coefficient (Wildman–Crippen LogP) is 3.11. The van der Waals surface area contributed by atoms with Gasteiger partial charge in [-0.05, 0) is 19.1 Å². The van der Waals surface area contributed by atoms with E-state index in [1.54, 1.807) is 19.1 Å². The van der Waals surface area contributed by atoms with Gasteiger partial charge in [-0.25, -0.2) is 9.67 Å². The molecule has 170 valence electrons. The van der Waals surface area contributed by atoms with E-state index >= 15 is 0 Å². The van der Waals surface area contributed by atoms with Crippen LogP contribution in [0.1, 0.15) is 16.2 Å². The molecule has 2 aromatic heterocycles. The average molecular weight is 489 g/mol. The van der Waals surface area contributed by atoms with Gasteiger partial charge < -0.3 is 9.80 Å². The normalized spacial score (nSPS) is 13.8. The number of carbonyl (C=O) groups is 1. The van der Waals surface area contributed by atoms with Gasteiger partial charge in [0.2, 0.25) is 5.43 Å². The lowest BCUT2D eigenvalue weighted by molar-refractivity contribution is -0.384. The summed E-state index contributed by atoms with van der Waals surface area (Å²) >= 11 is 12.1. The van der Waals surface area contributed by atoms with Crippen LogP contribution in [0.5, 0.6) is 0 Å². The molecule has 12 heteroatoms. The molecule has 0 saturated carbocycles. The van der Waals surface area contributed by atoms with Crippen molar-refractivity contribution in [3.63, 3.8) is 0 Å². The molecule has 0 unspecified atom stereocenters. The highest BCUT2D eigenvalue weighted by molar-refractivity contribution is 6.36. The number of rotatable bonds is 4. The number of para-hydroxylation sites is 2. The van der Waals surface area contributed by atoms with Crippen LogP contribution in [-0.2, 0) is 0 Å². The van der Waals surface area contributed by atoms with Gasteiger partial charge in [-0.2, -0.15) is 5.10 Å². The van der Waals surface area contributed by atoms with Gasteiger partial charge in [0.1, 0.15) is 11.5 Å². The zero-order valence-corrected chi connectivity index (χ0v) is 19.0. The monoisotopic (exact) mass is 488 g/mol. The van der Waals surface area contributed by atoms with Crippen molar-refractivity contribution in [3.05, 3.63) is 84.4 Å². The lowest BCUT2D eigenvalue weighted by Crippen LogP contribution is -2.50. The summed E-state index contributed by atoms with van der Waals surface area (Å²) in [5.41, 5.74) is -0.482. The van der Waals surface area contributed by atoms with Crippen LogP contribution in [0.3, 0.4) is 0 Å². The third-order valence-electron chi connectivity index (χ3n) is 5.27. The molecule has 3 heterocycles. The van der Waals surface area contributed by atoms with Gasteiger partial charge in [-0.3, -0.25) is 19.7 Å². The van der Waals surface area contributed by atoms with Crippen LogP contribution in [0.25, 0.3) is 5.69 Å². The number of benzene rings is 1. The Hall–Kier alpha value is -3.50. The molecule has 1 aromatic carbocycles. The van der Waals surface area contributed by atoms with Crippen molar-refractivity contribution in [2.75, 3.05) is 31.1 Å². The third kappa shape index (κ3) is 4.53. The summed E-state index contributed by atoms with van der Waals surface area (Å²) in [6.45, 7) is 3.13. The second-order valence-electron chi connectivity index (χ2n) is 7.39. The molecule has 1 saturated heterocycles. The van der Waals surface area contributed by atoms with E-state index in [0.29, 0.717) is 47.7 Å². The zero-order valence-electron chi connectivity index (χ0n) is 17.4. The standard InChI is InChI=1S/C21H18Cl2N6O4/c1-13-10-18(30)19(25-28(13)16-4-2-3-5-17(16)29(32)33)21(31)27-8-6-26(7-9-27)20-15(23)11-14(22)12-24-20/h2-5,10-12H,6-9H2,1H3. The molecular formula is C21H18Cl2N6O4. The van der Waals surface area contributed by atoms with E-state index in [9.17, 15) is 19.7 Å². The summed E-state index contributed by atoms with van der Waals surface area (Å²) in [7, 11) is 0. The Labute approximate surface area is 198 Å². The van der Waals surface area contributed by atoms with Crippen molar-refractivity contribution < 1.29 is 9.72 Å². The molecule has 1 fully saturated rings. The van der Waals surface area contributed by atoms with Crippen LogP contribution in [0.15, 0.2) is 47.4 Å². The Morgan fingerprint density at radius 3 is 2.48 bits per heavy atom. The molecule has 33 heavy (non-hydrogen) atoms. The zero-order chi connectivity index (χ0) is 23.7. The number of nitro benzene ring substituents is 1. The number of pyridine rings is 1. The number of anilines is 1. The minimum Gasteiger partial charge on any atom is -0.352 e. The minimum atomic E-state index is -0.544. The maximum absolute atomic E-state index is 13.1. The van der Waals surface area contributed by atoms with Crippen LogP contribution < -0.4 is 10.3 Å². The van der Waals surface area contributed by atoms with Crippen molar-refractivity contribution in [2.24, 2.45) is 0 Å². The van der Waals surface area contributed by atoms with E-state index in [0.717, 1.165) is 0 Å². The van der Waals surface area contributed by atoms with E-state index in [-0.39, 0.29) is 17.1 Å². The quantitative estimate of drug-likeness (QED) is 0.409. The highest BCUT2D eigenvalue weighted by atomic mass is 35.5. The number of hydrogen-bond acceptors (Lipinski definition) is 7. The van der Waals surface area contributed by atoms with Gasteiger partial charge >= 0.3 is 0 Å². The van der Waals surface area contributed by atoms with Crippen LogP contribution in [0, 0.1) is 17.0 Å². The van der Waals surface area contributed by atoms with Gasteiger partial charge in [0.05, 0.1) is 15.0 Å². The minimum absolute atomic E-state index is 0.169. The number of halogens is 2. The molecule has 1 aliphatic rings. The third-order valence-corrected chi connectivity index (χ3v) is 5.76. The number of piperazine rings is 1. The molecule has 0 atom stereocenters. The number of nitro groups is 1. The van der Waals surface area contributed by atoms with Crippen molar-refractivity contribution in [2.45, 2.75) is 6.92 Å². The van der Waals surface area contributed by atoms with Gasteiger partial charge in [0.15, 0.2) is 5.69 Å². The summed E-state index contributed by atoms with van der Waals surface area (Å²) < 4.78 is 1.25. The van der Waals surface area contributed by atoms with E-state index in [4.69, 9.17) is 23.2 Å². The number of hydrogen-bond donors (Lipinski definition) is 0. The summed E-state index contributed by atoms with van der Waals surface area (Å²) in [5.74, 6) is 0.0301. The van der Waals surface area contributed by atoms with Crippen molar-refractivity contribution >= 4 is 40.6 Å². The maximum atomic E-state index is 13.1. The Balaban J connectivity index is 1.59. The highest BCUT2D eigenvalue weighted by Gasteiger charge is 2.27. The van der Waals surface area contributed by atoms with Crippen molar-refractivity contribution in [1.82, 2.24) is 19.7 Å². The fourth-order valence-corrected chi connectivity index (χ4v) is 4.15. The smallest absolute Gasteiger partial charge is 0.294 e. The first-order valence-electron chi connectivity index (χ1n) is 9.96. The first-order chi connectivity index (χ1) is 15.8. The predicted molar refractivity (Wildman–Crippen MR) is 124 cm³/mol. The summed E-state index contributed by atoms with van der Waals surface area (Å²) in [4.78, 5) is 44.3. The molecule has 4 rings (SSSR count). The Morgan fingerprint density at radius 2 is 1.82 bits per heavy atom. The van der Waals surface area contributed by atoms with Gasteiger partial charge in [0.25, 0.3) is 11.6 Å². The first-order valence-corrected chi connectivity index (χ1v) is 10.7. The molecule has 0 N–H and O–H groups in total. The Kier molecular flexibility index (Phi) is 6.30. The summed E-state index contributed by atoms with van der Waals surface area (Å²) in [5, 5.41) is 16.5. The average Bonchev–Trinajstić information content (AvgIpc) is 2.79. The number of amides is 1. The number of aromatic nitrogens is 3. The van der Waals surface area contributed by atoms with E-state index < -0.39 is 16.3 Å². The highest BCUT2D eigenvalue weighted by Crippen LogP contribution is 2.27. The fraction of sp³-hybridized carbons (Fsp3) is 0.238. The van der Waals surface area contributed by atoms with Crippen LogP contribution in [0.4, 0.5) is 11.5 Å². The van der Waals surface area contributed by atoms with E-state index in [2.05, 4.69) is 10.1 Å². The van der Waals surface area contributed by atoms with Crippen molar-refractivity contribution in [1.29, 1.82) is 0 Å². The molecule has 0 bridgehead atoms.